The molecule has 2 rings (SSSR count). The summed E-state index contributed by atoms with van der Waals surface area (Å²) >= 11 is 11.5. The summed E-state index contributed by atoms with van der Waals surface area (Å²) in [5.41, 5.74) is 0.782. The van der Waals surface area contributed by atoms with Crippen molar-refractivity contribution in [1.29, 1.82) is 0 Å². The van der Waals surface area contributed by atoms with E-state index in [2.05, 4.69) is 15.3 Å². The predicted molar refractivity (Wildman–Crippen MR) is 98.2 cm³/mol. The Morgan fingerprint density at radius 1 is 1.42 bits per heavy atom. The lowest BCUT2D eigenvalue weighted by Crippen LogP contribution is -2.08. The highest BCUT2D eigenvalue weighted by atomic mass is 35.5. The summed E-state index contributed by atoms with van der Waals surface area (Å²) in [5.74, 6) is 1.89. The van der Waals surface area contributed by atoms with Gasteiger partial charge in [0, 0.05) is 6.42 Å². The SMILES string of the molecule is CCOc1cc(/C=N\n2c(CC)n[nH]c2=S)cc(Cl)c1OC(C)C. The molecule has 6 nitrogen and oxygen atoms in total. The van der Waals surface area contributed by atoms with Gasteiger partial charge in [-0.3, -0.25) is 5.10 Å². The number of aryl methyl sites for hydroxylation is 1. The number of aromatic amines is 1. The van der Waals surface area contributed by atoms with Gasteiger partial charge in [0.1, 0.15) is 0 Å². The zero-order valence-electron chi connectivity index (χ0n) is 14.2. The van der Waals surface area contributed by atoms with Gasteiger partial charge in [-0.05, 0) is 50.7 Å². The Morgan fingerprint density at radius 3 is 2.79 bits per heavy atom. The van der Waals surface area contributed by atoms with Crippen molar-refractivity contribution in [2.75, 3.05) is 6.61 Å². The first-order chi connectivity index (χ1) is 11.5. The molecule has 0 amide bonds. The number of nitrogens with one attached hydrogen (secondary N) is 1. The number of nitrogens with zero attached hydrogens (tertiary/aromatic N) is 3. The molecule has 8 heteroatoms. The minimum Gasteiger partial charge on any atom is -0.490 e. The minimum absolute atomic E-state index is 0.00223. The highest BCUT2D eigenvalue weighted by Crippen LogP contribution is 2.37. The fraction of sp³-hybridized carbons (Fsp3) is 0.438. The van der Waals surface area contributed by atoms with Gasteiger partial charge in [0.15, 0.2) is 17.3 Å². The van der Waals surface area contributed by atoms with Crippen molar-refractivity contribution < 1.29 is 9.47 Å². The van der Waals surface area contributed by atoms with E-state index in [4.69, 9.17) is 33.3 Å². The summed E-state index contributed by atoms with van der Waals surface area (Å²) in [6.07, 6.45) is 2.38. The molecule has 0 unspecified atom stereocenters. The summed E-state index contributed by atoms with van der Waals surface area (Å²) < 4.78 is 13.4. The van der Waals surface area contributed by atoms with Crippen LogP contribution in [-0.2, 0) is 6.42 Å². The van der Waals surface area contributed by atoms with E-state index in [-0.39, 0.29) is 6.10 Å². The Balaban J connectivity index is 2.39. The molecular formula is C16H21ClN4O2S. The summed E-state index contributed by atoms with van der Waals surface area (Å²) in [4.78, 5) is 0. The highest BCUT2D eigenvalue weighted by molar-refractivity contribution is 7.71. The summed E-state index contributed by atoms with van der Waals surface area (Å²) in [6.45, 7) is 8.28. The van der Waals surface area contributed by atoms with Crippen LogP contribution in [0.4, 0.5) is 0 Å². The molecule has 0 radical (unpaired) electrons. The van der Waals surface area contributed by atoms with E-state index in [1.807, 2.05) is 33.8 Å². The first-order valence-electron chi connectivity index (χ1n) is 7.79. The van der Waals surface area contributed by atoms with Crippen molar-refractivity contribution in [2.24, 2.45) is 5.10 Å². The third-order valence-corrected chi connectivity index (χ3v) is 3.59. The number of hydrogen-bond acceptors (Lipinski definition) is 5. The van der Waals surface area contributed by atoms with Gasteiger partial charge in [-0.1, -0.05) is 18.5 Å². The van der Waals surface area contributed by atoms with Gasteiger partial charge in [-0.2, -0.15) is 14.9 Å². The molecule has 0 atom stereocenters. The van der Waals surface area contributed by atoms with Crippen LogP contribution in [-0.4, -0.2) is 33.8 Å². The number of rotatable bonds is 7. The molecule has 0 aliphatic carbocycles. The average molecular weight is 369 g/mol. The third kappa shape index (κ3) is 4.36. The molecule has 0 aliphatic heterocycles. The highest BCUT2D eigenvalue weighted by Gasteiger charge is 2.13. The maximum atomic E-state index is 6.35. The molecule has 0 aliphatic rings. The Bertz CT molecular complexity index is 783. The quantitative estimate of drug-likeness (QED) is 0.586. The van der Waals surface area contributed by atoms with Crippen LogP contribution >= 0.6 is 23.8 Å². The van der Waals surface area contributed by atoms with Gasteiger partial charge in [0.25, 0.3) is 0 Å². The van der Waals surface area contributed by atoms with E-state index >= 15 is 0 Å². The monoisotopic (exact) mass is 368 g/mol. The lowest BCUT2D eigenvalue weighted by Gasteiger charge is -2.16. The fourth-order valence-corrected chi connectivity index (χ4v) is 2.53. The molecule has 1 heterocycles. The number of H-pyrrole nitrogens is 1. The Morgan fingerprint density at radius 2 is 2.17 bits per heavy atom. The molecule has 0 saturated heterocycles. The van der Waals surface area contributed by atoms with Crippen LogP contribution in [0.25, 0.3) is 0 Å². The van der Waals surface area contributed by atoms with Crippen LogP contribution in [0, 0.1) is 4.77 Å². The standard InChI is InChI=1S/C16H21ClN4O2S/c1-5-14-19-20-16(24)21(14)18-9-11-7-12(17)15(23-10(3)4)13(8-11)22-6-2/h7-10H,5-6H2,1-4H3,(H,20,24)/b18-9-. The smallest absolute Gasteiger partial charge is 0.216 e. The number of hydrogen-bond donors (Lipinski definition) is 1. The van der Waals surface area contributed by atoms with Gasteiger partial charge in [-0.15, -0.1) is 0 Å². The second kappa shape index (κ2) is 8.30. The maximum absolute atomic E-state index is 6.35. The molecule has 24 heavy (non-hydrogen) atoms. The van der Waals surface area contributed by atoms with E-state index < -0.39 is 0 Å². The van der Waals surface area contributed by atoms with Gasteiger partial charge >= 0.3 is 0 Å². The average Bonchev–Trinajstić information content (AvgIpc) is 2.88. The molecule has 0 saturated carbocycles. The lowest BCUT2D eigenvalue weighted by molar-refractivity contribution is 0.224. The Kier molecular flexibility index (Phi) is 6.39. The molecule has 1 N–H and O–H groups in total. The molecule has 2 aromatic rings. The first-order valence-corrected chi connectivity index (χ1v) is 8.58. The number of benzene rings is 1. The van der Waals surface area contributed by atoms with Crippen LogP contribution in [0.5, 0.6) is 11.5 Å². The van der Waals surface area contributed by atoms with Crippen LogP contribution in [0.2, 0.25) is 5.02 Å². The zero-order valence-corrected chi connectivity index (χ0v) is 15.7. The van der Waals surface area contributed by atoms with E-state index in [0.717, 1.165) is 17.8 Å². The van der Waals surface area contributed by atoms with Gasteiger partial charge in [0.05, 0.1) is 23.9 Å². The van der Waals surface area contributed by atoms with Crippen molar-refractivity contribution in [3.05, 3.63) is 33.3 Å². The van der Waals surface area contributed by atoms with Crippen molar-refractivity contribution >= 4 is 30.0 Å². The second-order valence-electron chi connectivity index (χ2n) is 5.28. The predicted octanol–water partition coefficient (Wildman–Crippen LogP) is 4.22. The normalized spacial score (nSPS) is 11.4. The fourth-order valence-electron chi connectivity index (χ4n) is 2.07. The summed E-state index contributed by atoms with van der Waals surface area (Å²) in [5, 5.41) is 11.7. The van der Waals surface area contributed by atoms with Crippen molar-refractivity contribution in [3.63, 3.8) is 0 Å². The topological polar surface area (TPSA) is 64.4 Å². The summed E-state index contributed by atoms with van der Waals surface area (Å²) in [7, 11) is 0. The van der Waals surface area contributed by atoms with E-state index in [0.29, 0.717) is 27.9 Å². The number of ether oxygens (including phenoxy) is 2. The van der Waals surface area contributed by atoms with Crippen LogP contribution in [0.1, 0.15) is 39.1 Å². The van der Waals surface area contributed by atoms with Crippen molar-refractivity contribution in [2.45, 2.75) is 40.2 Å². The largest absolute Gasteiger partial charge is 0.490 e. The first kappa shape index (κ1) is 18.5. The zero-order chi connectivity index (χ0) is 17.7. The molecule has 1 aromatic heterocycles. The molecular weight excluding hydrogens is 348 g/mol. The molecule has 0 bridgehead atoms. The summed E-state index contributed by atoms with van der Waals surface area (Å²) in [6, 6.07) is 3.62. The molecule has 0 spiro atoms. The molecule has 1 aromatic carbocycles. The van der Waals surface area contributed by atoms with E-state index in [1.54, 1.807) is 17.0 Å². The molecule has 0 fully saturated rings. The second-order valence-corrected chi connectivity index (χ2v) is 6.08. The maximum Gasteiger partial charge on any atom is 0.216 e. The van der Waals surface area contributed by atoms with Crippen molar-refractivity contribution in [1.82, 2.24) is 14.9 Å². The van der Waals surface area contributed by atoms with Gasteiger partial charge in [0.2, 0.25) is 4.77 Å². The van der Waals surface area contributed by atoms with Crippen molar-refractivity contribution in [3.8, 4) is 11.5 Å². The van der Waals surface area contributed by atoms with Crippen LogP contribution in [0.15, 0.2) is 17.2 Å². The van der Waals surface area contributed by atoms with Crippen LogP contribution in [0.3, 0.4) is 0 Å². The Hall–Kier alpha value is -1.86. The number of aromatic nitrogens is 3. The Labute approximate surface area is 151 Å². The van der Waals surface area contributed by atoms with Gasteiger partial charge < -0.3 is 9.47 Å². The lowest BCUT2D eigenvalue weighted by atomic mass is 10.2. The molecule has 130 valence electrons. The number of halogens is 1. The van der Waals surface area contributed by atoms with E-state index in [9.17, 15) is 0 Å². The van der Waals surface area contributed by atoms with Crippen LogP contribution < -0.4 is 9.47 Å². The third-order valence-electron chi connectivity index (χ3n) is 3.04. The van der Waals surface area contributed by atoms with E-state index in [1.165, 1.54) is 0 Å². The minimum atomic E-state index is -0.00223. The van der Waals surface area contributed by atoms with Gasteiger partial charge in [-0.25, -0.2) is 0 Å².